The molecule has 2 aromatic rings. The van der Waals surface area contributed by atoms with Gasteiger partial charge in [0.05, 0.1) is 13.7 Å². The molecule has 0 bridgehead atoms. The fourth-order valence-corrected chi connectivity index (χ4v) is 2.39. The summed E-state index contributed by atoms with van der Waals surface area (Å²) in [6.45, 7) is 4.37. The lowest BCUT2D eigenvalue weighted by Crippen LogP contribution is -2.04. The van der Waals surface area contributed by atoms with Crippen LogP contribution >= 0.6 is 11.3 Å². The molecule has 0 N–H and O–H groups in total. The number of tetrazole rings is 1. The number of hydrogen-bond donors (Lipinski definition) is 0. The van der Waals surface area contributed by atoms with Crippen molar-refractivity contribution in [1.82, 2.24) is 20.2 Å². The number of methoxy groups -OCH3 is 1. The maximum Gasteiger partial charge on any atom is 0.348 e. The van der Waals surface area contributed by atoms with Crippen LogP contribution < -0.4 is 0 Å². The van der Waals surface area contributed by atoms with E-state index in [0.717, 1.165) is 16.3 Å². The summed E-state index contributed by atoms with van der Waals surface area (Å²) < 4.78 is 6.38. The van der Waals surface area contributed by atoms with Gasteiger partial charge in [-0.05, 0) is 35.9 Å². The van der Waals surface area contributed by atoms with Crippen LogP contribution in [0.4, 0.5) is 0 Å². The van der Waals surface area contributed by atoms with Crippen LogP contribution in [-0.2, 0) is 11.3 Å². The minimum absolute atomic E-state index is 0.308. The number of esters is 1. The first kappa shape index (κ1) is 11.7. The molecule has 0 aromatic carbocycles. The molecule has 7 heteroatoms. The number of carbonyl (C=O) groups excluding carboxylic acids is 1. The van der Waals surface area contributed by atoms with Crippen LogP contribution in [0, 0.1) is 13.8 Å². The van der Waals surface area contributed by atoms with Gasteiger partial charge in [0, 0.05) is 4.88 Å². The summed E-state index contributed by atoms with van der Waals surface area (Å²) in [5, 5.41) is 11.3. The van der Waals surface area contributed by atoms with Gasteiger partial charge in [-0.1, -0.05) is 0 Å². The third-order valence-electron chi connectivity index (χ3n) is 2.44. The summed E-state index contributed by atoms with van der Waals surface area (Å²) in [4.78, 5) is 13.1. The normalized spacial score (nSPS) is 10.5. The Morgan fingerprint density at radius 1 is 1.53 bits per heavy atom. The van der Waals surface area contributed by atoms with Crippen molar-refractivity contribution < 1.29 is 9.53 Å². The molecule has 17 heavy (non-hydrogen) atoms. The molecule has 0 saturated carbocycles. The highest BCUT2D eigenvalue weighted by Crippen LogP contribution is 2.23. The molecule has 0 atom stereocenters. The van der Waals surface area contributed by atoms with Crippen LogP contribution in [0.25, 0.3) is 0 Å². The molecule has 0 aliphatic rings. The van der Waals surface area contributed by atoms with Gasteiger partial charge in [-0.2, -0.15) is 0 Å². The van der Waals surface area contributed by atoms with E-state index in [0.29, 0.717) is 11.4 Å². The van der Waals surface area contributed by atoms with E-state index in [9.17, 15) is 4.79 Å². The second-order valence-electron chi connectivity index (χ2n) is 3.57. The van der Waals surface area contributed by atoms with Crippen LogP contribution in [0.1, 0.15) is 25.9 Å². The molecule has 0 amide bonds. The van der Waals surface area contributed by atoms with Crippen LogP contribution in [-0.4, -0.2) is 33.3 Å². The monoisotopic (exact) mass is 252 g/mol. The first-order chi connectivity index (χ1) is 8.11. The SMILES string of the molecule is COC(=O)c1cc(Cn2nnnc2C)c(C)s1. The lowest BCUT2D eigenvalue weighted by Gasteiger charge is -2.00. The fourth-order valence-electron chi connectivity index (χ4n) is 1.43. The topological polar surface area (TPSA) is 69.9 Å². The minimum Gasteiger partial charge on any atom is -0.465 e. The first-order valence-corrected chi connectivity index (χ1v) is 5.84. The van der Waals surface area contributed by atoms with Crippen molar-refractivity contribution in [3.63, 3.8) is 0 Å². The third-order valence-corrected chi connectivity index (χ3v) is 3.51. The lowest BCUT2D eigenvalue weighted by molar-refractivity contribution is 0.0606. The molecular formula is C10H12N4O2S. The van der Waals surface area contributed by atoms with Crippen LogP contribution in [0.15, 0.2) is 6.07 Å². The zero-order valence-corrected chi connectivity index (χ0v) is 10.6. The number of aromatic nitrogens is 4. The molecule has 0 saturated heterocycles. The molecule has 2 aromatic heterocycles. The van der Waals surface area contributed by atoms with E-state index in [1.807, 2.05) is 19.9 Å². The Bertz CT molecular complexity index is 546. The highest BCUT2D eigenvalue weighted by atomic mass is 32.1. The van der Waals surface area contributed by atoms with Gasteiger partial charge in [-0.25, -0.2) is 9.48 Å². The predicted molar refractivity (Wildman–Crippen MR) is 62.1 cm³/mol. The number of ether oxygens (including phenoxy) is 1. The van der Waals surface area contributed by atoms with Crippen molar-refractivity contribution in [1.29, 1.82) is 0 Å². The van der Waals surface area contributed by atoms with E-state index in [-0.39, 0.29) is 5.97 Å². The summed E-state index contributed by atoms with van der Waals surface area (Å²) in [7, 11) is 1.38. The van der Waals surface area contributed by atoms with E-state index in [1.165, 1.54) is 18.4 Å². The third kappa shape index (κ3) is 2.33. The molecule has 0 spiro atoms. The van der Waals surface area contributed by atoms with Gasteiger partial charge in [-0.3, -0.25) is 0 Å². The number of thiophene rings is 1. The Kier molecular flexibility index (Phi) is 3.19. The fraction of sp³-hybridized carbons (Fsp3) is 0.400. The lowest BCUT2D eigenvalue weighted by atomic mass is 10.2. The van der Waals surface area contributed by atoms with Gasteiger partial charge in [-0.15, -0.1) is 16.4 Å². The molecule has 0 aliphatic carbocycles. The molecule has 2 heterocycles. The van der Waals surface area contributed by atoms with Crippen molar-refractivity contribution in [3.05, 3.63) is 27.2 Å². The zero-order chi connectivity index (χ0) is 12.4. The van der Waals surface area contributed by atoms with Crippen LogP contribution in [0.2, 0.25) is 0 Å². The van der Waals surface area contributed by atoms with Gasteiger partial charge in [0.2, 0.25) is 0 Å². The molecule has 6 nitrogen and oxygen atoms in total. The molecule has 0 unspecified atom stereocenters. The molecule has 0 radical (unpaired) electrons. The Morgan fingerprint density at radius 3 is 2.88 bits per heavy atom. The molecule has 0 fully saturated rings. The summed E-state index contributed by atoms with van der Waals surface area (Å²) in [6, 6.07) is 1.83. The second-order valence-corrected chi connectivity index (χ2v) is 4.82. The van der Waals surface area contributed by atoms with E-state index in [4.69, 9.17) is 0 Å². The van der Waals surface area contributed by atoms with Crippen molar-refractivity contribution in [2.24, 2.45) is 0 Å². The molecular weight excluding hydrogens is 240 g/mol. The number of aryl methyl sites for hydroxylation is 2. The standard InChI is InChI=1S/C10H12N4O2S/c1-6-8(4-9(17-6)10(15)16-3)5-14-7(2)11-12-13-14/h4H,5H2,1-3H3. The highest BCUT2D eigenvalue weighted by Gasteiger charge is 2.13. The van der Waals surface area contributed by atoms with Crippen molar-refractivity contribution >= 4 is 17.3 Å². The number of rotatable bonds is 3. The summed E-state index contributed by atoms with van der Waals surface area (Å²) >= 11 is 1.42. The first-order valence-electron chi connectivity index (χ1n) is 5.02. The predicted octanol–water partition coefficient (Wildman–Crippen LogP) is 1.19. The summed E-state index contributed by atoms with van der Waals surface area (Å²) in [5.74, 6) is 0.438. The van der Waals surface area contributed by atoms with Gasteiger partial charge in [0.1, 0.15) is 10.7 Å². The van der Waals surface area contributed by atoms with E-state index in [1.54, 1.807) is 4.68 Å². The van der Waals surface area contributed by atoms with Crippen molar-refractivity contribution in [2.75, 3.05) is 7.11 Å². The van der Waals surface area contributed by atoms with Gasteiger partial charge < -0.3 is 4.74 Å². The van der Waals surface area contributed by atoms with Gasteiger partial charge in [0.15, 0.2) is 0 Å². The molecule has 2 rings (SSSR count). The smallest absolute Gasteiger partial charge is 0.348 e. The van der Waals surface area contributed by atoms with Crippen molar-refractivity contribution in [2.45, 2.75) is 20.4 Å². The van der Waals surface area contributed by atoms with Crippen LogP contribution in [0.3, 0.4) is 0 Å². The number of nitrogens with zero attached hydrogens (tertiary/aromatic N) is 4. The number of hydrogen-bond acceptors (Lipinski definition) is 6. The Hall–Kier alpha value is -1.76. The largest absolute Gasteiger partial charge is 0.465 e. The van der Waals surface area contributed by atoms with Gasteiger partial charge in [0.25, 0.3) is 0 Å². The minimum atomic E-state index is -0.308. The Balaban J connectivity index is 2.25. The highest BCUT2D eigenvalue weighted by molar-refractivity contribution is 7.14. The summed E-state index contributed by atoms with van der Waals surface area (Å²) in [6.07, 6.45) is 0. The van der Waals surface area contributed by atoms with E-state index in [2.05, 4.69) is 20.3 Å². The molecule has 90 valence electrons. The Labute approximate surface area is 102 Å². The van der Waals surface area contributed by atoms with Crippen molar-refractivity contribution in [3.8, 4) is 0 Å². The Morgan fingerprint density at radius 2 is 2.29 bits per heavy atom. The van der Waals surface area contributed by atoms with Crippen LogP contribution in [0.5, 0.6) is 0 Å². The quantitative estimate of drug-likeness (QED) is 0.767. The van der Waals surface area contributed by atoms with E-state index < -0.39 is 0 Å². The average Bonchev–Trinajstić information content (AvgIpc) is 2.87. The maximum absolute atomic E-state index is 11.4. The second kappa shape index (κ2) is 4.62. The van der Waals surface area contributed by atoms with Gasteiger partial charge >= 0.3 is 5.97 Å². The summed E-state index contributed by atoms with van der Waals surface area (Å²) in [5.41, 5.74) is 1.03. The maximum atomic E-state index is 11.4. The molecule has 0 aliphatic heterocycles. The number of carbonyl (C=O) groups is 1. The zero-order valence-electron chi connectivity index (χ0n) is 9.80. The van der Waals surface area contributed by atoms with E-state index >= 15 is 0 Å². The average molecular weight is 252 g/mol.